The predicted molar refractivity (Wildman–Crippen MR) is 196 cm³/mol. The SMILES string of the molecule is CCOC(=O)/C=C/c1cccc(C2(C)C/C=C\CC(C)(C)c3cnn(c3)Cc3c(c(F)cc4[nH]ccc34)Oc3ccc(F)c(c3)-c3nc2nn3C)c1. The van der Waals surface area contributed by atoms with Crippen LogP contribution in [0.2, 0.25) is 0 Å². The van der Waals surface area contributed by atoms with Crippen molar-refractivity contribution in [2.45, 2.75) is 57.9 Å². The lowest BCUT2D eigenvalue weighted by Crippen LogP contribution is -2.25. The second-order valence-corrected chi connectivity index (χ2v) is 14.0. The minimum atomic E-state index is -0.757. The summed E-state index contributed by atoms with van der Waals surface area (Å²) in [5, 5.41) is 10.3. The Morgan fingerprint density at radius 3 is 2.69 bits per heavy atom. The Labute approximate surface area is 300 Å². The van der Waals surface area contributed by atoms with E-state index in [1.165, 1.54) is 30.3 Å². The molecule has 0 fully saturated rings. The summed E-state index contributed by atoms with van der Waals surface area (Å²) in [5.74, 6) is -0.465. The number of hydrogen-bond acceptors (Lipinski definition) is 6. The smallest absolute Gasteiger partial charge is 0.330 e. The first-order chi connectivity index (χ1) is 24.9. The number of carbonyl (C=O) groups excluding carboxylic acids is 1. The molecule has 1 aliphatic heterocycles. The van der Waals surface area contributed by atoms with Crippen LogP contribution in [0.25, 0.3) is 28.4 Å². The summed E-state index contributed by atoms with van der Waals surface area (Å²) in [4.78, 5) is 20.1. The molecular weight excluding hydrogens is 662 g/mol. The summed E-state index contributed by atoms with van der Waals surface area (Å²) >= 11 is 0. The Bertz CT molecular complexity index is 2350. The van der Waals surface area contributed by atoms with Gasteiger partial charge in [-0.05, 0) is 79.1 Å². The molecular formula is C41H40F2N6O3. The van der Waals surface area contributed by atoms with Gasteiger partial charge in [-0.15, -0.1) is 0 Å². The number of aromatic nitrogens is 6. The van der Waals surface area contributed by atoms with Gasteiger partial charge in [0.15, 0.2) is 23.2 Å². The van der Waals surface area contributed by atoms with Crippen molar-refractivity contribution in [3.8, 4) is 22.9 Å². The van der Waals surface area contributed by atoms with Gasteiger partial charge in [-0.3, -0.25) is 4.68 Å². The Hall–Kier alpha value is -5.84. The lowest BCUT2D eigenvalue weighted by atomic mass is 9.77. The van der Waals surface area contributed by atoms with Crippen molar-refractivity contribution < 1.29 is 23.0 Å². The monoisotopic (exact) mass is 702 g/mol. The van der Waals surface area contributed by atoms with Crippen LogP contribution in [0, 0.1) is 11.6 Å². The summed E-state index contributed by atoms with van der Waals surface area (Å²) in [6, 6.07) is 15.4. The summed E-state index contributed by atoms with van der Waals surface area (Å²) in [5.41, 5.74) is 3.10. The summed E-state index contributed by atoms with van der Waals surface area (Å²) in [7, 11) is 1.72. The van der Waals surface area contributed by atoms with Crippen LogP contribution in [0.4, 0.5) is 8.78 Å². The number of benzene rings is 3. The van der Waals surface area contributed by atoms with Crippen molar-refractivity contribution in [2.75, 3.05) is 6.61 Å². The van der Waals surface area contributed by atoms with Crippen LogP contribution in [0.3, 0.4) is 0 Å². The van der Waals surface area contributed by atoms with E-state index in [1.807, 2.05) is 42.7 Å². The van der Waals surface area contributed by atoms with Gasteiger partial charge in [0, 0.05) is 48.1 Å². The average Bonchev–Trinajstić information content (AvgIpc) is 3.89. The minimum Gasteiger partial charge on any atom is -0.463 e. The number of nitrogens with zero attached hydrogens (tertiary/aromatic N) is 5. The highest BCUT2D eigenvalue weighted by molar-refractivity contribution is 5.87. The van der Waals surface area contributed by atoms with E-state index >= 15 is 8.78 Å². The first-order valence-electron chi connectivity index (χ1n) is 17.3. The van der Waals surface area contributed by atoms with Crippen LogP contribution < -0.4 is 4.74 Å². The number of H-pyrrole nitrogens is 1. The van der Waals surface area contributed by atoms with Gasteiger partial charge >= 0.3 is 5.97 Å². The fraction of sp³-hybridized carbons (Fsp3) is 0.268. The largest absolute Gasteiger partial charge is 0.463 e. The number of halogens is 2. The number of carbonyl (C=O) groups is 1. The van der Waals surface area contributed by atoms with E-state index in [2.05, 4.69) is 43.0 Å². The quantitative estimate of drug-likeness (QED) is 0.112. The Morgan fingerprint density at radius 2 is 1.87 bits per heavy atom. The Balaban J connectivity index is 1.38. The van der Waals surface area contributed by atoms with E-state index in [-0.39, 0.29) is 41.5 Å². The van der Waals surface area contributed by atoms with Crippen molar-refractivity contribution in [3.63, 3.8) is 0 Å². The predicted octanol–water partition coefficient (Wildman–Crippen LogP) is 8.79. The molecule has 1 N–H and O–H groups in total. The van der Waals surface area contributed by atoms with Gasteiger partial charge in [-0.25, -0.2) is 23.2 Å². The molecule has 266 valence electrons. The van der Waals surface area contributed by atoms with Gasteiger partial charge < -0.3 is 14.5 Å². The third kappa shape index (κ3) is 6.66. The van der Waals surface area contributed by atoms with Gasteiger partial charge in [0.05, 0.1) is 30.3 Å². The maximum absolute atomic E-state index is 15.9. The number of esters is 1. The third-order valence-corrected chi connectivity index (χ3v) is 9.80. The molecule has 1 atom stereocenters. The second kappa shape index (κ2) is 13.7. The van der Waals surface area contributed by atoms with Crippen LogP contribution in [-0.4, -0.2) is 42.1 Å². The molecule has 3 aromatic heterocycles. The minimum absolute atomic E-state index is 0.0323. The Morgan fingerprint density at radius 1 is 1.04 bits per heavy atom. The van der Waals surface area contributed by atoms with Crippen molar-refractivity contribution in [3.05, 3.63) is 131 Å². The summed E-state index contributed by atoms with van der Waals surface area (Å²) in [6.07, 6.45) is 14.3. The number of rotatable bonds is 4. The van der Waals surface area contributed by atoms with E-state index in [0.717, 1.165) is 22.1 Å². The van der Waals surface area contributed by atoms with Crippen LogP contribution in [0.5, 0.6) is 11.5 Å². The van der Waals surface area contributed by atoms with E-state index in [1.54, 1.807) is 35.6 Å². The molecule has 1 unspecified atom stereocenters. The fourth-order valence-electron chi connectivity index (χ4n) is 6.66. The molecule has 0 aliphatic carbocycles. The first kappa shape index (κ1) is 34.6. The second-order valence-electron chi connectivity index (χ2n) is 14.0. The van der Waals surface area contributed by atoms with Crippen LogP contribution in [-0.2, 0) is 34.0 Å². The normalized spacial score (nSPS) is 17.9. The molecule has 4 heterocycles. The molecule has 0 saturated carbocycles. The fourth-order valence-corrected chi connectivity index (χ4v) is 6.66. The highest BCUT2D eigenvalue weighted by atomic mass is 19.1. The van der Waals surface area contributed by atoms with Crippen molar-refractivity contribution >= 4 is 22.9 Å². The van der Waals surface area contributed by atoms with Crippen LogP contribution in [0.1, 0.15) is 68.6 Å². The van der Waals surface area contributed by atoms with E-state index in [9.17, 15) is 4.79 Å². The Kier molecular flexibility index (Phi) is 9.12. The first-order valence-corrected chi connectivity index (χ1v) is 17.3. The van der Waals surface area contributed by atoms with Gasteiger partial charge in [-0.2, -0.15) is 10.2 Å². The molecule has 7 rings (SSSR count). The molecule has 1 aliphatic rings. The molecule has 0 saturated heterocycles. The molecule has 0 amide bonds. The molecule has 0 spiro atoms. The third-order valence-electron chi connectivity index (χ3n) is 9.80. The zero-order chi connectivity index (χ0) is 36.6. The van der Waals surface area contributed by atoms with E-state index < -0.39 is 23.0 Å². The van der Waals surface area contributed by atoms with Crippen molar-refractivity contribution in [1.29, 1.82) is 0 Å². The number of allylic oxidation sites excluding steroid dienone is 2. The number of nitrogens with one attached hydrogen (secondary N) is 1. The number of ether oxygens (including phenoxy) is 2. The van der Waals surface area contributed by atoms with Crippen molar-refractivity contribution in [1.82, 2.24) is 29.5 Å². The average molecular weight is 703 g/mol. The molecule has 0 radical (unpaired) electrons. The molecule has 6 bridgehead atoms. The number of aryl methyl sites for hydroxylation is 1. The summed E-state index contributed by atoms with van der Waals surface area (Å²) < 4.78 is 46.2. The standard InChI is InChI=1S/C41H40F2N6O3/c1-6-51-36(50)15-12-26-10-9-11-27(20-26)41(4)18-8-7-17-40(2,3)28-23-45-49(24-28)25-32-30-16-19-44-35(30)22-34(43)37(32)52-29-13-14-33(42)31(21-29)38-46-39(41)47-48(38)5/h7-16,19-24,44H,6,17-18,25H2,1-5H3/b8-7-,15-12+. The lowest BCUT2D eigenvalue weighted by Gasteiger charge is -2.27. The summed E-state index contributed by atoms with van der Waals surface area (Å²) in [6.45, 7) is 8.68. The lowest BCUT2D eigenvalue weighted by molar-refractivity contribution is -0.137. The molecule has 3 aromatic carbocycles. The topological polar surface area (TPSA) is 99.8 Å². The highest BCUT2D eigenvalue weighted by Gasteiger charge is 2.34. The molecule has 6 aromatic rings. The zero-order valence-corrected chi connectivity index (χ0v) is 29.8. The van der Waals surface area contributed by atoms with Crippen LogP contribution >= 0.6 is 0 Å². The van der Waals surface area contributed by atoms with Gasteiger partial charge in [0.2, 0.25) is 0 Å². The van der Waals surface area contributed by atoms with Crippen LogP contribution in [0.15, 0.2) is 91.4 Å². The van der Waals surface area contributed by atoms with E-state index in [0.29, 0.717) is 29.7 Å². The van der Waals surface area contributed by atoms with E-state index in [4.69, 9.17) is 19.6 Å². The number of hydrogen-bond donors (Lipinski definition) is 1. The zero-order valence-electron chi connectivity index (χ0n) is 29.8. The number of aromatic amines is 1. The molecule has 52 heavy (non-hydrogen) atoms. The maximum Gasteiger partial charge on any atom is 0.330 e. The maximum atomic E-state index is 15.9. The molecule has 9 nitrogen and oxygen atoms in total. The van der Waals surface area contributed by atoms with Crippen molar-refractivity contribution in [2.24, 2.45) is 7.05 Å². The van der Waals surface area contributed by atoms with Gasteiger partial charge in [-0.1, -0.05) is 50.3 Å². The highest BCUT2D eigenvalue weighted by Crippen LogP contribution is 2.39. The molecule has 11 heteroatoms. The number of fused-ring (bicyclic) bond motifs is 10. The van der Waals surface area contributed by atoms with Gasteiger partial charge in [0.25, 0.3) is 0 Å². The van der Waals surface area contributed by atoms with Gasteiger partial charge in [0.1, 0.15) is 11.6 Å².